The first-order valence-electron chi connectivity index (χ1n) is 35.6. The number of hydrogen-bond donors (Lipinski definition) is 3. The molecule has 2 unspecified atom stereocenters. The molecule has 4 aliphatic rings. The number of Topliss-reactive ketones (excluding diaryl/α,β-unsaturated/α-hetero) is 2. The van der Waals surface area contributed by atoms with Crippen LogP contribution in [0.4, 0.5) is 31.7 Å². The molecular formula is C82H86Cl4F2N12O14. The summed E-state index contributed by atoms with van der Waals surface area (Å²) in [7, 11) is 0. The van der Waals surface area contributed by atoms with E-state index < -0.39 is 39.7 Å². The largest absolute Gasteiger partial charge is 0.484 e. The van der Waals surface area contributed by atoms with Gasteiger partial charge < -0.3 is 45.6 Å². The Hall–Kier alpha value is -11.6. The summed E-state index contributed by atoms with van der Waals surface area (Å²) < 4.78 is 39.6. The number of amides is 4. The number of ketones is 2. The molecule has 0 saturated carbocycles. The number of nitrogens with two attached hydrogens (primary N) is 2. The number of aromatic carboxylic acids is 1. The van der Waals surface area contributed by atoms with E-state index in [4.69, 9.17) is 72.5 Å². The van der Waals surface area contributed by atoms with Gasteiger partial charge in [-0.2, -0.15) is 5.10 Å². The lowest BCUT2D eigenvalue weighted by atomic mass is 10.0. The monoisotopic (exact) mass is 1640 g/mol. The number of nitrogens with zero attached hydrogens (tertiary/aromatic N) is 10. The van der Waals surface area contributed by atoms with E-state index in [-0.39, 0.29) is 128 Å². The van der Waals surface area contributed by atoms with Gasteiger partial charge in [0.25, 0.3) is 35.0 Å². The van der Waals surface area contributed by atoms with Crippen LogP contribution in [0.5, 0.6) is 11.5 Å². The third kappa shape index (κ3) is 24.2. The molecule has 32 heteroatoms. The molecule has 114 heavy (non-hydrogen) atoms. The number of nitro benzene ring substituents is 2. The van der Waals surface area contributed by atoms with Crippen LogP contribution < -0.4 is 20.9 Å². The third-order valence-electron chi connectivity index (χ3n) is 18.4. The minimum Gasteiger partial charge on any atom is -0.484 e. The molecule has 4 amide bonds. The van der Waals surface area contributed by atoms with Crippen molar-refractivity contribution in [1.29, 1.82) is 0 Å². The highest BCUT2D eigenvalue weighted by molar-refractivity contribution is 6.36. The lowest BCUT2D eigenvalue weighted by Crippen LogP contribution is -2.27. The molecule has 4 saturated heterocycles. The van der Waals surface area contributed by atoms with Crippen molar-refractivity contribution in [3.63, 3.8) is 0 Å². The van der Waals surface area contributed by atoms with E-state index in [0.29, 0.717) is 39.4 Å². The molecule has 13 rings (SSSR count). The number of nitrogen functional groups attached to an aromatic ring is 2. The molecule has 2 atom stereocenters. The normalized spacial score (nSPS) is 13.7. The van der Waals surface area contributed by atoms with Crippen molar-refractivity contribution in [1.82, 2.24) is 40.0 Å². The summed E-state index contributed by atoms with van der Waals surface area (Å²) in [5.74, 6) is -2.41. The van der Waals surface area contributed by atoms with Crippen LogP contribution in [0.25, 0.3) is 0 Å². The van der Waals surface area contributed by atoms with E-state index in [9.17, 15) is 62.6 Å². The van der Waals surface area contributed by atoms with Gasteiger partial charge in [0.2, 0.25) is 0 Å². The van der Waals surface area contributed by atoms with E-state index >= 15 is 0 Å². The van der Waals surface area contributed by atoms with Gasteiger partial charge in [-0.25, -0.2) is 13.6 Å². The molecular weight excluding hydrogens is 1560 g/mol. The summed E-state index contributed by atoms with van der Waals surface area (Å²) in [6.07, 6.45) is 7.10. The Morgan fingerprint density at radius 3 is 1.09 bits per heavy atom. The summed E-state index contributed by atoms with van der Waals surface area (Å²) in [6, 6.07) is 39.6. The van der Waals surface area contributed by atoms with E-state index in [1.165, 1.54) is 66.7 Å². The van der Waals surface area contributed by atoms with E-state index in [2.05, 4.69) is 20.4 Å². The molecule has 26 nitrogen and oxygen atoms in total. The maximum Gasteiger partial charge on any atom is 0.335 e. The molecule has 0 bridgehead atoms. The second-order valence-corrected chi connectivity index (χ2v) is 27.9. The number of halogens is 6. The van der Waals surface area contributed by atoms with Crippen LogP contribution in [0, 0.1) is 38.8 Å². The van der Waals surface area contributed by atoms with Crippen LogP contribution >= 0.6 is 46.4 Å². The Balaban J connectivity index is 0.000000210. The van der Waals surface area contributed by atoms with Gasteiger partial charge in [0, 0.05) is 151 Å². The summed E-state index contributed by atoms with van der Waals surface area (Å²) in [6.45, 7) is 11.5. The molecule has 4 fully saturated rings. The van der Waals surface area contributed by atoms with Crippen molar-refractivity contribution in [2.45, 2.75) is 112 Å². The molecule has 2 aromatic heterocycles. The van der Waals surface area contributed by atoms with Crippen LogP contribution in [0.15, 0.2) is 158 Å². The van der Waals surface area contributed by atoms with Crippen molar-refractivity contribution in [3.05, 3.63) is 277 Å². The van der Waals surface area contributed by atoms with Crippen molar-refractivity contribution in [3.8, 4) is 11.5 Å². The van der Waals surface area contributed by atoms with E-state index in [0.717, 1.165) is 139 Å². The zero-order valence-electron chi connectivity index (χ0n) is 61.0. The first kappa shape index (κ1) is 89.6. The number of anilines is 2. The van der Waals surface area contributed by atoms with Gasteiger partial charge in [0.15, 0.2) is 23.1 Å². The molecule has 4 aliphatic heterocycles. The molecule has 0 spiro atoms. The lowest BCUT2D eigenvalue weighted by molar-refractivity contribution is -0.385. The minimum atomic E-state index is -1.09. The minimum absolute atomic E-state index is 0. The van der Waals surface area contributed by atoms with E-state index in [1.54, 1.807) is 98.5 Å². The fourth-order valence-electron chi connectivity index (χ4n) is 12.2. The lowest BCUT2D eigenvalue weighted by Gasteiger charge is -2.19. The molecule has 9 aromatic rings. The number of carboxylic acids is 1. The number of aryl methyl sites for hydroxylation is 1. The number of aromatic nitrogens is 4. The smallest absolute Gasteiger partial charge is 0.335 e. The van der Waals surface area contributed by atoms with Gasteiger partial charge in [0.1, 0.15) is 46.7 Å². The van der Waals surface area contributed by atoms with Crippen LogP contribution in [-0.2, 0) is 12.8 Å². The summed E-state index contributed by atoms with van der Waals surface area (Å²) >= 11 is 24.5. The quantitative estimate of drug-likeness (QED) is 0.0222. The molecule has 5 N–H and O–H groups in total. The number of hydrogen-bond acceptors (Lipinski definition) is 19. The second-order valence-electron chi connectivity index (χ2n) is 26.3. The summed E-state index contributed by atoms with van der Waals surface area (Å²) in [5, 5.41) is 45.0. The number of non-ortho nitro benzene ring substituents is 2. The summed E-state index contributed by atoms with van der Waals surface area (Å²) in [5.41, 5.74) is 17.2. The zero-order chi connectivity index (χ0) is 80.9. The van der Waals surface area contributed by atoms with Gasteiger partial charge in [-0.05, 0) is 180 Å². The van der Waals surface area contributed by atoms with E-state index in [1.807, 2.05) is 14.7 Å². The highest BCUT2D eigenvalue weighted by Gasteiger charge is 2.27. The van der Waals surface area contributed by atoms with Crippen molar-refractivity contribution in [2.24, 2.45) is 0 Å². The predicted octanol–water partition coefficient (Wildman–Crippen LogP) is 17.2. The number of benzene rings is 7. The molecule has 0 radical (unpaired) electrons. The number of likely N-dealkylation sites (tertiary alicyclic amines) is 4. The van der Waals surface area contributed by atoms with Crippen molar-refractivity contribution >= 4 is 110 Å². The fourth-order valence-corrected chi connectivity index (χ4v) is 13.6. The fraction of sp³-hybridized carbons (Fsp3) is 0.305. The Kier molecular flexibility index (Phi) is 33.3. The number of rotatable bonds is 19. The SMILES string of the molecule is C.C.CC(Oc1cc(C(=O)Cc2ccc(C(=O)N3CCCC3)cc2)nnc1N)c1c(Cl)ccc(F)c1Cl.Cc1nnc(C(=O)Cc2ccc(C(=O)N3CCCC3)cc2)cc1OC(C)c1c(Cl)ccc(F)c1Cl.Nc1ccc(C(=O)N2CCCC2)cc1.O=C(O)c1ccc([N+](=O)[O-])cc1.O=C(c1ccc([N+](=O)[O-])cc1)N1CCCC1. The second kappa shape index (κ2) is 42.3. The van der Waals surface area contributed by atoms with Gasteiger partial charge >= 0.3 is 5.97 Å². The highest BCUT2D eigenvalue weighted by atomic mass is 35.5. The Labute approximate surface area is 677 Å². The number of carbonyl (C=O) groups excluding carboxylic acids is 6. The Morgan fingerprint density at radius 1 is 0.456 bits per heavy atom. The van der Waals surface area contributed by atoms with Crippen molar-refractivity contribution in [2.75, 3.05) is 63.8 Å². The number of nitro groups is 2. The van der Waals surface area contributed by atoms with Crippen molar-refractivity contribution < 1.29 is 66.8 Å². The third-order valence-corrected chi connectivity index (χ3v) is 19.8. The topological polar surface area (TPSA) is 361 Å². The maximum absolute atomic E-state index is 13.9. The maximum atomic E-state index is 13.9. The van der Waals surface area contributed by atoms with Crippen LogP contribution in [-0.4, -0.2) is 148 Å². The first-order chi connectivity index (χ1) is 53.5. The van der Waals surface area contributed by atoms with Gasteiger partial charge in [-0.3, -0.25) is 49.0 Å². The highest BCUT2D eigenvalue weighted by Crippen LogP contribution is 2.38. The Morgan fingerprint density at radius 2 is 0.754 bits per heavy atom. The molecule has 600 valence electrons. The zero-order valence-corrected chi connectivity index (χ0v) is 64.1. The van der Waals surface area contributed by atoms with Gasteiger partial charge in [0.05, 0.1) is 25.5 Å². The van der Waals surface area contributed by atoms with Crippen LogP contribution in [0.1, 0.15) is 193 Å². The number of carbonyl (C=O) groups is 7. The molecule has 7 aromatic carbocycles. The molecule has 0 aliphatic carbocycles. The van der Waals surface area contributed by atoms with Crippen LogP contribution in [0.3, 0.4) is 0 Å². The number of carboxylic acid groups (broad SMARTS) is 1. The standard InChI is InChI=1S/C26H24Cl2FN3O3.C25H23Cl2FN4O3.C11H12N2O3.C11H14N2O.C7H5NO4.2CH4/c1-15-23(35-16(2)24-19(27)9-10-20(29)25(24)28)14-21(31-30-15)22(33)13-17-5-7-18(8-6-17)26(34)32-11-3-4-12-32;1-14(22-17(26)8-9-18(28)23(22)27)35-21-13-19(30-31-24(21)29)20(33)12-15-4-6-16(7-5-15)25(34)32-10-2-3-11-32;14-11(12-7-1-2-8-12)9-3-5-10(6-4-9)13(15)16;12-10-5-3-9(4-6-10)11(14)13-7-1-2-8-13;9-7(10)5-1-3-6(4-2-5)8(11)12;;/h5-10,14,16H,3-4,11-13H2,1-2H3;4-9,13-14H,2-3,10-12H2,1H3,(H2,29,31);3-6H,1-2,7-8H2;3-6H,1-2,7-8,12H2;1-4H,(H,9,10);2*1H4. The Bertz CT molecular complexity index is 4670. The van der Waals surface area contributed by atoms with Gasteiger partial charge in [-0.15, -0.1) is 15.3 Å². The molecule has 6 heterocycles. The summed E-state index contributed by atoms with van der Waals surface area (Å²) in [4.78, 5) is 112. The number of ether oxygens (including phenoxy) is 2. The first-order valence-corrected chi connectivity index (χ1v) is 37.1. The average molecular weight is 1640 g/mol. The average Bonchev–Trinajstić information content (AvgIpc) is 1.10. The van der Waals surface area contributed by atoms with Gasteiger partial charge in [-0.1, -0.05) is 85.5 Å². The predicted molar refractivity (Wildman–Crippen MR) is 431 cm³/mol. The van der Waals surface area contributed by atoms with Crippen LogP contribution in [0.2, 0.25) is 20.1 Å².